The Labute approximate surface area is 110 Å². The second-order valence-electron chi connectivity index (χ2n) is 3.28. The molecule has 5 nitrogen and oxygen atoms in total. The quantitative estimate of drug-likeness (QED) is 0.796. The third-order valence-electron chi connectivity index (χ3n) is 2.08. The highest BCUT2D eigenvalue weighted by molar-refractivity contribution is 9.10. The number of carbonyl (C=O) groups is 1. The highest BCUT2D eigenvalue weighted by Crippen LogP contribution is 2.26. The molecule has 0 aliphatic carbocycles. The van der Waals surface area contributed by atoms with Crippen molar-refractivity contribution in [2.45, 2.75) is 0 Å². The molecule has 1 heterocycles. The van der Waals surface area contributed by atoms with Crippen molar-refractivity contribution in [1.82, 2.24) is 10.2 Å². The summed E-state index contributed by atoms with van der Waals surface area (Å²) in [6.45, 7) is 0. The van der Waals surface area contributed by atoms with Gasteiger partial charge in [-0.1, -0.05) is 11.6 Å². The molecule has 7 heteroatoms. The first-order chi connectivity index (χ1) is 8.08. The average molecular weight is 316 g/mol. The summed E-state index contributed by atoms with van der Waals surface area (Å²) in [5, 5.41) is 9.47. The number of hydrogen-bond acceptors (Lipinski definition) is 3. The number of anilines is 2. The molecule has 0 saturated carbocycles. The van der Waals surface area contributed by atoms with E-state index in [2.05, 4.69) is 31.4 Å². The van der Waals surface area contributed by atoms with Crippen molar-refractivity contribution in [2.75, 3.05) is 11.1 Å². The summed E-state index contributed by atoms with van der Waals surface area (Å²) in [5.41, 5.74) is 6.70. The van der Waals surface area contributed by atoms with Crippen LogP contribution in [-0.4, -0.2) is 16.1 Å². The number of benzene rings is 1. The zero-order valence-corrected chi connectivity index (χ0v) is 10.8. The molecule has 0 aliphatic heterocycles. The van der Waals surface area contributed by atoms with Crippen molar-refractivity contribution >= 4 is 44.8 Å². The van der Waals surface area contributed by atoms with Gasteiger partial charge in [0.1, 0.15) is 5.69 Å². The van der Waals surface area contributed by atoms with Crippen LogP contribution in [0.1, 0.15) is 10.5 Å². The molecule has 0 unspecified atom stereocenters. The fraction of sp³-hybridized carbons (Fsp3) is 0. The molecule has 88 valence electrons. The lowest BCUT2D eigenvalue weighted by Crippen LogP contribution is -2.14. The maximum atomic E-state index is 11.8. The Morgan fingerprint density at radius 2 is 2.29 bits per heavy atom. The van der Waals surface area contributed by atoms with Gasteiger partial charge < -0.3 is 11.1 Å². The predicted octanol–water partition coefficient (Wildman–Crippen LogP) is 2.66. The molecule has 1 aromatic carbocycles. The van der Waals surface area contributed by atoms with Crippen LogP contribution in [0, 0.1) is 0 Å². The molecule has 0 aliphatic rings. The lowest BCUT2D eigenvalue weighted by Gasteiger charge is -2.06. The number of halogens is 2. The molecular formula is C10H8BrClN4O. The number of hydrogen-bond donors (Lipinski definition) is 3. The molecule has 0 fully saturated rings. The van der Waals surface area contributed by atoms with Crippen LogP contribution in [0.15, 0.2) is 28.9 Å². The Morgan fingerprint density at radius 3 is 2.88 bits per heavy atom. The van der Waals surface area contributed by atoms with Gasteiger partial charge in [-0.3, -0.25) is 9.89 Å². The average Bonchev–Trinajstić information content (AvgIpc) is 2.68. The van der Waals surface area contributed by atoms with Gasteiger partial charge >= 0.3 is 0 Å². The van der Waals surface area contributed by atoms with Crippen LogP contribution in [0.5, 0.6) is 0 Å². The number of nitrogens with one attached hydrogen (secondary N) is 2. The van der Waals surface area contributed by atoms with Gasteiger partial charge in [-0.15, -0.1) is 0 Å². The van der Waals surface area contributed by atoms with E-state index in [4.69, 9.17) is 17.3 Å². The molecule has 2 aromatic rings. The summed E-state index contributed by atoms with van der Waals surface area (Å²) in [6, 6.07) is 5.06. The molecular weight excluding hydrogens is 307 g/mol. The summed E-state index contributed by atoms with van der Waals surface area (Å²) in [7, 11) is 0. The number of nitrogens with zero attached hydrogens (tertiary/aromatic N) is 1. The van der Waals surface area contributed by atoms with Gasteiger partial charge in [-0.25, -0.2) is 0 Å². The monoisotopic (exact) mass is 314 g/mol. The van der Waals surface area contributed by atoms with E-state index >= 15 is 0 Å². The first-order valence-corrected chi connectivity index (χ1v) is 5.80. The van der Waals surface area contributed by atoms with Crippen LogP contribution in [-0.2, 0) is 0 Å². The van der Waals surface area contributed by atoms with Crippen molar-refractivity contribution in [3.8, 4) is 0 Å². The van der Waals surface area contributed by atoms with Crippen LogP contribution in [0.25, 0.3) is 0 Å². The number of H-pyrrole nitrogens is 1. The second kappa shape index (κ2) is 4.77. The molecule has 0 bridgehead atoms. The summed E-state index contributed by atoms with van der Waals surface area (Å²) in [4.78, 5) is 11.8. The van der Waals surface area contributed by atoms with Crippen molar-refractivity contribution < 1.29 is 4.79 Å². The number of nitrogens with two attached hydrogens (primary N) is 1. The molecule has 0 radical (unpaired) electrons. The number of rotatable bonds is 2. The zero-order valence-electron chi connectivity index (χ0n) is 8.50. The highest BCUT2D eigenvalue weighted by atomic mass is 79.9. The van der Waals surface area contributed by atoms with Crippen molar-refractivity contribution in [2.24, 2.45) is 0 Å². The third-order valence-corrected chi connectivity index (χ3v) is 2.97. The Bertz CT molecular complexity index is 569. The van der Waals surface area contributed by atoms with Crippen molar-refractivity contribution in [3.05, 3.63) is 39.6 Å². The van der Waals surface area contributed by atoms with E-state index < -0.39 is 0 Å². The second-order valence-corrected chi connectivity index (χ2v) is 4.57. The van der Waals surface area contributed by atoms with Crippen LogP contribution in [0.4, 0.5) is 11.4 Å². The zero-order chi connectivity index (χ0) is 12.4. The van der Waals surface area contributed by atoms with E-state index in [0.717, 1.165) is 0 Å². The maximum absolute atomic E-state index is 11.8. The van der Waals surface area contributed by atoms with Gasteiger partial charge in [0, 0.05) is 9.50 Å². The van der Waals surface area contributed by atoms with Crippen LogP contribution < -0.4 is 11.1 Å². The first kappa shape index (κ1) is 11.9. The van der Waals surface area contributed by atoms with E-state index in [1.54, 1.807) is 18.2 Å². The molecule has 0 spiro atoms. The number of amides is 1. The van der Waals surface area contributed by atoms with E-state index in [9.17, 15) is 4.79 Å². The fourth-order valence-corrected chi connectivity index (χ4v) is 2.03. The van der Waals surface area contributed by atoms with Gasteiger partial charge in [-0.2, -0.15) is 5.10 Å². The van der Waals surface area contributed by atoms with Crippen LogP contribution in [0.3, 0.4) is 0 Å². The van der Waals surface area contributed by atoms with Crippen molar-refractivity contribution in [1.29, 1.82) is 0 Å². The van der Waals surface area contributed by atoms with Gasteiger partial charge in [0.05, 0.1) is 17.6 Å². The summed E-state index contributed by atoms with van der Waals surface area (Å²) in [5.74, 6) is -0.358. The topological polar surface area (TPSA) is 83.8 Å². The minimum atomic E-state index is -0.358. The molecule has 1 amide bonds. The molecule has 2 rings (SSSR count). The molecule has 0 saturated heterocycles. The Balaban J connectivity index is 2.22. The minimum Gasteiger partial charge on any atom is -0.396 e. The first-order valence-electron chi connectivity index (χ1n) is 4.63. The SMILES string of the molecule is Nc1cn[nH]c1C(=O)Nc1ccc(Cl)cc1Br. The maximum Gasteiger partial charge on any atom is 0.275 e. The van der Waals surface area contributed by atoms with Gasteiger partial charge in [0.2, 0.25) is 0 Å². The van der Waals surface area contributed by atoms with Gasteiger partial charge in [-0.05, 0) is 34.1 Å². The number of carbonyl (C=O) groups excluding carboxylic acids is 1. The van der Waals surface area contributed by atoms with E-state index in [1.807, 2.05) is 0 Å². The summed E-state index contributed by atoms with van der Waals surface area (Å²) >= 11 is 9.10. The number of aromatic amines is 1. The molecule has 1 aromatic heterocycles. The molecule has 17 heavy (non-hydrogen) atoms. The Morgan fingerprint density at radius 1 is 1.53 bits per heavy atom. The smallest absolute Gasteiger partial charge is 0.275 e. The normalized spacial score (nSPS) is 10.2. The molecule has 4 N–H and O–H groups in total. The third kappa shape index (κ3) is 2.59. The Kier molecular flexibility index (Phi) is 3.35. The lowest BCUT2D eigenvalue weighted by atomic mass is 10.3. The van der Waals surface area contributed by atoms with Crippen LogP contribution >= 0.6 is 27.5 Å². The van der Waals surface area contributed by atoms with Gasteiger partial charge in [0.25, 0.3) is 5.91 Å². The number of nitrogen functional groups attached to an aromatic ring is 1. The minimum absolute atomic E-state index is 0.229. The standard InChI is InChI=1S/C10H8BrClN4O/c11-6-3-5(12)1-2-8(6)15-10(17)9-7(13)4-14-16-9/h1-4H,13H2,(H,14,16)(H,15,17). The van der Waals surface area contributed by atoms with E-state index in [0.29, 0.717) is 20.9 Å². The largest absolute Gasteiger partial charge is 0.396 e. The van der Waals surface area contributed by atoms with Crippen molar-refractivity contribution in [3.63, 3.8) is 0 Å². The Hall–Kier alpha value is -1.53. The lowest BCUT2D eigenvalue weighted by molar-refractivity contribution is 0.102. The van der Waals surface area contributed by atoms with E-state index in [-0.39, 0.29) is 11.6 Å². The molecule has 0 atom stereocenters. The number of aromatic nitrogens is 2. The van der Waals surface area contributed by atoms with Gasteiger partial charge in [0.15, 0.2) is 0 Å². The van der Waals surface area contributed by atoms with Crippen LogP contribution in [0.2, 0.25) is 5.02 Å². The highest BCUT2D eigenvalue weighted by Gasteiger charge is 2.13. The van der Waals surface area contributed by atoms with E-state index in [1.165, 1.54) is 6.20 Å². The summed E-state index contributed by atoms with van der Waals surface area (Å²) in [6.07, 6.45) is 1.38. The predicted molar refractivity (Wildman–Crippen MR) is 70.1 cm³/mol. The summed E-state index contributed by atoms with van der Waals surface area (Å²) < 4.78 is 0.691. The fourth-order valence-electron chi connectivity index (χ4n) is 1.25.